The number of carbonyl (C=O) groups excluding carboxylic acids is 1. The van der Waals surface area contributed by atoms with Crippen LogP contribution in [-0.2, 0) is 21.5 Å². The summed E-state index contributed by atoms with van der Waals surface area (Å²) in [5.74, 6) is 1.18. The molecule has 0 fully saturated rings. The van der Waals surface area contributed by atoms with Gasteiger partial charge in [-0.1, -0.05) is 12.1 Å². The Hall–Kier alpha value is -2.05. The van der Waals surface area contributed by atoms with Gasteiger partial charge in [-0.05, 0) is 37.6 Å². The molecular weight excluding hydrogens is 334 g/mol. The summed E-state index contributed by atoms with van der Waals surface area (Å²) in [5, 5.41) is 12.8. The van der Waals surface area contributed by atoms with Gasteiger partial charge >= 0.3 is 5.97 Å². The number of hydrogen-bond donors (Lipinski definition) is 2. The summed E-state index contributed by atoms with van der Waals surface area (Å²) in [7, 11) is 1.65. The van der Waals surface area contributed by atoms with E-state index in [-0.39, 0.29) is 30.0 Å². The van der Waals surface area contributed by atoms with E-state index in [1.807, 2.05) is 12.1 Å². The summed E-state index contributed by atoms with van der Waals surface area (Å²) in [4.78, 5) is 11.9. The molecule has 2 N–H and O–H groups in total. The van der Waals surface area contributed by atoms with Crippen LogP contribution >= 0.6 is 0 Å². The molecule has 1 aromatic carbocycles. The second kappa shape index (κ2) is 6.59. The Morgan fingerprint density at radius 2 is 2.35 bits per heavy atom. The minimum Gasteiger partial charge on any atom is -0.493 e. The van der Waals surface area contributed by atoms with Gasteiger partial charge < -0.3 is 24.6 Å². The van der Waals surface area contributed by atoms with Crippen molar-refractivity contribution in [2.45, 2.75) is 56.5 Å². The summed E-state index contributed by atoms with van der Waals surface area (Å²) < 4.78 is 17.4. The number of methoxy groups -OCH3 is 1. The van der Waals surface area contributed by atoms with E-state index in [1.165, 1.54) is 11.1 Å². The van der Waals surface area contributed by atoms with Crippen molar-refractivity contribution < 1.29 is 24.1 Å². The van der Waals surface area contributed by atoms with Crippen LogP contribution in [0.3, 0.4) is 0 Å². The van der Waals surface area contributed by atoms with Crippen LogP contribution in [0, 0.1) is 0 Å². The first-order chi connectivity index (χ1) is 12.5. The van der Waals surface area contributed by atoms with Gasteiger partial charge in [0.1, 0.15) is 12.2 Å². The van der Waals surface area contributed by atoms with Gasteiger partial charge in [0.05, 0.1) is 25.0 Å². The van der Waals surface area contributed by atoms with Gasteiger partial charge in [-0.25, -0.2) is 0 Å². The summed E-state index contributed by atoms with van der Waals surface area (Å²) >= 11 is 0. The molecule has 2 unspecified atom stereocenters. The van der Waals surface area contributed by atoms with Crippen LogP contribution < -0.4 is 14.8 Å². The lowest BCUT2D eigenvalue weighted by atomic mass is 9.69. The Bertz CT molecular complexity index is 744. The monoisotopic (exact) mass is 359 g/mol. The standard InChI is InChI=1S/C20H25NO5/c1-12(22)9-17(23)25-14-5-6-20-7-8-21-11-13-3-4-15(24-2)19(18(13)20)26-16(20)10-14/h3-6,12,14,16,21-22H,7-11H2,1-2H3/t12?,14?,16-,20-/m1/s1. The van der Waals surface area contributed by atoms with Crippen LogP contribution in [0.15, 0.2) is 24.3 Å². The van der Waals surface area contributed by atoms with Crippen LogP contribution in [0.4, 0.5) is 0 Å². The zero-order valence-electron chi connectivity index (χ0n) is 15.2. The van der Waals surface area contributed by atoms with Crippen LogP contribution in [-0.4, -0.2) is 43.0 Å². The van der Waals surface area contributed by atoms with Crippen molar-refractivity contribution in [3.63, 3.8) is 0 Å². The van der Waals surface area contributed by atoms with Crippen molar-refractivity contribution in [3.8, 4) is 11.5 Å². The molecule has 6 heteroatoms. The number of rotatable bonds is 4. The number of aliphatic hydroxyl groups excluding tert-OH is 1. The molecule has 2 aliphatic heterocycles. The Morgan fingerprint density at radius 3 is 3.12 bits per heavy atom. The number of hydrogen-bond acceptors (Lipinski definition) is 6. The maximum Gasteiger partial charge on any atom is 0.308 e. The lowest BCUT2D eigenvalue weighted by molar-refractivity contribution is -0.150. The zero-order chi connectivity index (χ0) is 18.3. The first-order valence-electron chi connectivity index (χ1n) is 9.18. The van der Waals surface area contributed by atoms with Gasteiger partial charge in [-0.2, -0.15) is 0 Å². The first-order valence-corrected chi connectivity index (χ1v) is 9.18. The van der Waals surface area contributed by atoms with E-state index in [0.29, 0.717) is 6.42 Å². The van der Waals surface area contributed by atoms with E-state index >= 15 is 0 Å². The normalized spacial score (nSPS) is 29.8. The molecule has 1 aromatic rings. The fourth-order valence-corrected chi connectivity index (χ4v) is 4.40. The molecule has 4 atom stereocenters. The van der Waals surface area contributed by atoms with E-state index in [2.05, 4.69) is 17.5 Å². The van der Waals surface area contributed by atoms with Crippen molar-refractivity contribution in [3.05, 3.63) is 35.4 Å². The predicted molar refractivity (Wildman–Crippen MR) is 95.3 cm³/mol. The zero-order valence-corrected chi connectivity index (χ0v) is 15.2. The molecule has 6 nitrogen and oxygen atoms in total. The maximum absolute atomic E-state index is 11.9. The van der Waals surface area contributed by atoms with E-state index in [9.17, 15) is 9.90 Å². The number of ether oxygens (including phenoxy) is 3. The number of nitrogens with one attached hydrogen (secondary N) is 1. The van der Waals surface area contributed by atoms with Crippen molar-refractivity contribution in [2.75, 3.05) is 13.7 Å². The van der Waals surface area contributed by atoms with Crippen molar-refractivity contribution in [2.24, 2.45) is 0 Å². The molecule has 2 heterocycles. The molecule has 3 aliphatic rings. The molecule has 1 aliphatic carbocycles. The highest BCUT2D eigenvalue weighted by atomic mass is 16.6. The molecular formula is C20H25NO5. The van der Waals surface area contributed by atoms with Gasteiger partial charge in [0.15, 0.2) is 11.5 Å². The average Bonchev–Trinajstić information content (AvgIpc) is 2.81. The van der Waals surface area contributed by atoms with Crippen LogP contribution in [0.1, 0.15) is 37.3 Å². The van der Waals surface area contributed by atoms with Gasteiger partial charge in [-0.3, -0.25) is 4.79 Å². The first kappa shape index (κ1) is 17.4. The molecule has 0 amide bonds. The Morgan fingerprint density at radius 1 is 1.50 bits per heavy atom. The highest BCUT2D eigenvalue weighted by Crippen LogP contribution is 2.55. The van der Waals surface area contributed by atoms with E-state index in [0.717, 1.165) is 31.0 Å². The lowest BCUT2D eigenvalue weighted by Gasteiger charge is -2.36. The minimum absolute atomic E-state index is 0.00310. The summed E-state index contributed by atoms with van der Waals surface area (Å²) in [6.45, 7) is 3.29. The maximum atomic E-state index is 11.9. The fraction of sp³-hybridized carbons (Fsp3) is 0.550. The van der Waals surface area contributed by atoms with Gasteiger partial charge in [0, 0.05) is 18.5 Å². The number of aliphatic hydroxyl groups is 1. The molecule has 0 bridgehead atoms. The SMILES string of the molecule is COc1ccc2c3c1O[C@@H]1CC(OC(=O)CC(C)O)C=C[C@]31CCNC2. The highest BCUT2D eigenvalue weighted by molar-refractivity contribution is 5.70. The topological polar surface area (TPSA) is 77.0 Å². The average molecular weight is 359 g/mol. The number of benzene rings is 1. The highest BCUT2D eigenvalue weighted by Gasteiger charge is 2.52. The Labute approximate surface area is 153 Å². The fourth-order valence-electron chi connectivity index (χ4n) is 4.40. The third kappa shape index (κ3) is 2.77. The second-order valence-corrected chi connectivity index (χ2v) is 7.38. The van der Waals surface area contributed by atoms with Gasteiger partial charge in [-0.15, -0.1) is 0 Å². The molecule has 0 saturated carbocycles. The quantitative estimate of drug-likeness (QED) is 0.631. The second-order valence-electron chi connectivity index (χ2n) is 7.38. The van der Waals surface area contributed by atoms with Crippen molar-refractivity contribution in [1.29, 1.82) is 0 Å². The van der Waals surface area contributed by atoms with Gasteiger partial charge in [0.2, 0.25) is 0 Å². The summed E-state index contributed by atoms with van der Waals surface area (Å²) in [6, 6.07) is 4.06. The summed E-state index contributed by atoms with van der Waals surface area (Å²) in [5.41, 5.74) is 2.22. The van der Waals surface area contributed by atoms with Crippen LogP contribution in [0.2, 0.25) is 0 Å². The summed E-state index contributed by atoms with van der Waals surface area (Å²) in [6.07, 6.45) is 4.52. The van der Waals surface area contributed by atoms with Gasteiger partial charge in [0.25, 0.3) is 0 Å². The molecule has 140 valence electrons. The van der Waals surface area contributed by atoms with E-state index in [4.69, 9.17) is 14.2 Å². The molecule has 0 saturated heterocycles. The van der Waals surface area contributed by atoms with E-state index < -0.39 is 6.10 Å². The Kier molecular flexibility index (Phi) is 4.40. The third-order valence-corrected chi connectivity index (χ3v) is 5.56. The Balaban J connectivity index is 1.66. The third-order valence-electron chi connectivity index (χ3n) is 5.56. The predicted octanol–water partition coefficient (Wildman–Crippen LogP) is 1.83. The molecule has 26 heavy (non-hydrogen) atoms. The molecule has 4 rings (SSSR count). The van der Waals surface area contributed by atoms with Crippen molar-refractivity contribution in [1.82, 2.24) is 5.32 Å². The minimum atomic E-state index is -0.701. The largest absolute Gasteiger partial charge is 0.493 e. The number of esters is 1. The smallest absolute Gasteiger partial charge is 0.308 e. The molecule has 1 spiro atoms. The van der Waals surface area contributed by atoms with Crippen molar-refractivity contribution >= 4 is 5.97 Å². The van der Waals surface area contributed by atoms with E-state index in [1.54, 1.807) is 14.0 Å². The molecule has 0 aromatic heterocycles. The lowest BCUT2D eigenvalue weighted by Crippen LogP contribution is -2.43. The van der Waals surface area contributed by atoms with Crippen LogP contribution in [0.25, 0.3) is 0 Å². The molecule has 0 radical (unpaired) electrons. The van der Waals surface area contributed by atoms with Crippen LogP contribution in [0.5, 0.6) is 11.5 Å². The number of carbonyl (C=O) groups is 1.